The second-order valence-corrected chi connectivity index (χ2v) is 10.4. The first-order valence-electron chi connectivity index (χ1n) is 10.3. The second kappa shape index (κ2) is 9.61. The first kappa shape index (κ1) is 21.6. The number of imide groups is 1. The summed E-state index contributed by atoms with van der Waals surface area (Å²) in [5.41, 5.74) is 0.978. The van der Waals surface area contributed by atoms with E-state index >= 15 is 0 Å². The molecule has 0 bridgehead atoms. The van der Waals surface area contributed by atoms with Gasteiger partial charge in [0.2, 0.25) is 5.91 Å². The number of urea groups is 1. The molecule has 7 nitrogen and oxygen atoms in total. The molecule has 1 N–H and O–H groups in total. The average molecular weight is 423 g/mol. The quantitative estimate of drug-likeness (QED) is 0.413. The van der Waals surface area contributed by atoms with E-state index in [2.05, 4.69) is 5.32 Å². The largest absolute Gasteiger partial charge is 0.493 e. The lowest BCUT2D eigenvalue weighted by molar-refractivity contribution is -0.118. The zero-order chi connectivity index (χ0) is 20.9. The zero-order valence-electron chi connectivity index (χ0n) is 16.9. The van der Waals surface area contributed by atoms with Crippen molar-refractivity contribution in [1.29, 1.82) is 0 Å². The lowest BCUT2D eigenvalue weighted by atomic mass is 10.0. The van der Waals surface area contributed by atoms with Crippen LogP contribution in [0.15, 0.2) is 24.3 Å². The number of amides is 3. The molecule has 160 valence electrons. The number of sulfone groups is 1. The number of ether oxygens (including phenoxy) is 1. The molecule has 1 aromatic rings. The molecule has 1 aliphatic carbocycles. The molecule has 3 rings (SSSR count). The van der Waals surface area contributed by atoms with E-state index < -0.39 is 9.84 Å². The predicted molar refractivity (Wildman–Crippen MR) is 111 cm³/mol. The fourth-order valence-electron chi connectivity index (χ4n) is 3.43. The lowest BCUT2D eigenvalue weighted by Crippen LogP contribution is -2.29. The molecule has 1 atom stereocenters. The summed E-state index contributed by atoms with van der Waals surface area (Å²) in [6.07, 6.45) is 4.42. The van der Waals surface area contributed by atoms with Gasteiger partial charge < -0.3 is 9.64 Å². The first-order valence-corrected chi connectivity index (χ1v) is 12.2. The number of nitrogens with zero attached hydrogens (tertiary/aromatic N) is 1. The summed E-state index contributed by atoms with van der Waals surface area (Å²) >= 11 is 0. The Morgan fingerprint density at radius 2 is 2.00 bits per heavy atom. The van der Waals surface area contributed by atoms with Crippen molar-refractivity contribution in [3.05, 3.63) is 29.8 Å². The molecule has 1 saturated heterocycles. The third-order valence-corrected chi connectivity index (χ3v) is 7.28. The summed E-state index contributed by atoms with van der Waals surface area (Å²) < 4.78 is 30.8. The van der Waals surface area contributed by atoms with Crippen LogP contribution in [0.2, 0.25) is 0 Å². The van der Waals surface area contributed by atoms with Gasteiger partial charge in [0, 0.05) is 6.54 Å². The van der Waals surface area contributed by atoms with Gasteiger partial charge in [-0.25, -0.2) is 13.2 Å². The summed E-state index contributed by atoms with van der Waals surface area (Å²) in [6, 6.07) is 7.37. The van der Waals surface area contributed by atoms with Gasteiger partial charge >= 0.3 is 6.03 Å². The van der Waals surface area contributed by atoms with E-state index in [9.17, 15) is 18.0 Å². The first-order chi connectivity index (χ1) is 13.8. The number of hydrogen-bond acceptors (Lipinski definition) is 5. The predicted octanol–water partition coefficient (Wildman–Crippen LogP) is 2.72. The molecule has 2 fully saturated rings. The molecular weight excluding hydrogens is 392 g/mol. The number of benzene rings is 1. The fourth-order valence-corrected chi connectivity index (χ4v) is 5.20. The SMILES string of the molecule is C[C@@H](CS(=O)(=O)CCCCCN1CC(=O)NC1=O)c1cccc(OCC2CC2)c1. The van der Waals surface area contributed by atoms with Crippen LogP contribution in [-0.4, -0.2) is 56.5 Å². The van der Waals surface area contributed by atoms with Gasteiger partial charge in [-0.05, 0) is 55.2 Å². The zero-order valence-corrected chi connectivity index (χ0v) is 17.7. The molecule has 3 amide bonds. The molecule has 1 aromatic carbocycles. The molecule has 1 aliphatic heterocycles. The maximum atomic E-state index is 12.5. The Morgan fingerprint density at radius 1 is 1.21 bits per heavy atom. The normalized spacial score (nSPS) is 18.0. The highest BCUT2D eigenvalue weighted by Crippen LogP contribution is 2.30. The second-order valence-electron chi connectivity index (χ2n) is 8.18. The minimum Gasteiger partial charge on any atom is -0.493 e. The van der Waals surface area contributed by atoms with E-state index in [-0.39, 0.29) is 35.9 Å². The molecule has 0 unspecified atom stereocenters. The van der Waals surface area contributed by atoms with Gasteiger partial charge in [-0.15, -0.1) is 0 Å². The van der Waals surface area contributed by atoms with Crippen LogP contribution in [-0.2, 0) is 14.6 Å². The smallest absolute Gasteiger partial charge is 0.324 e. The Labute approximate surface area is 172 Å². The van der Waals surface area contributed by atoms with Crippen molar-refractivity contribution < 1.29 is 22.7 Å². The summed E-state index contributed by atoms with van der Waals surface area (Å²) in [6.45, 7) is 3.24. The van der Waals surface area contributed by atoms with Gasteiger partial charge in [0.1, 0.15) is 12.3 Å². The van der Waals surface area contributed by atoms with Gasteiger partial charge in [0.05, 0.1) is 18.1 Å². The Bertz CT molecular complexity index is 835. The van der Waals surface area contributed by atoms with Crippen LogP contribution in [0.5, 0.6) is 5.75 Å². The van der Waals surface area contributed by atoms with E-state index in [1.807, 2.05) is 31.2 Å². The van der Waals surface area contributed by atoms with E-state index in [0.717, 1.165) is 17.9 Å². The molecule has 1 heterocycles. The standard InChI is InChI=1S/C21H30N2O5S/c1-16(18-6-5-7-19(12-18)28-14-17-8-9-17)15-29(26,27)11-4-2-3-10-23-13-20(24)22-21(23)25/h5-7,12,16-17H,2-4,8-11,13-15H2,1H3,(H,22,24,25)/t16-/m0/s1. The molecule has 0 spiro atoms. The van der Waals surface area contributed by atoms with Crippen molar-refractivity contribution in [2.75, 3.05) is 31.2 Å². The highest BCUT2D eigenvalue weighted by Gasteiger charge is 2.26. The topological polar surface area (TPSA) is 92.8 Å². The molecule has 0 radical (unpaired) electrons. The average Bonchev–Trinajstić information content (AvgIpc) is 3.44. The number of carbonyl (C=O) groups excluding carboxylic acids is 2. The summed E-state index contributed by atoms with van der Waals surface area (Å²) in [5.74, 6) is 1.36. The van der Waals surface area contributed by atoms with Crippen LogP contribution in [0.4, 0.5) is 4.79 Å². The number of carbonyl (C=O) groups is 2. The molecule has 2 aliphatic rings. The van der Waals surface area contributed by atoms with Gasteiger partial charge in [0.25, 0.3) is 0 Å². The minimum absolute atomic E-state index is 0.0937. The monoisotopic (exact) mass is 422 g/mol. The minimum atomic E-state index is -3.16. The van der Waals surface area contributed by atoms with Crippen LogP contribution < -0.4 is 10.1 Å². The summed E-state index contributed by atoms with van der Waals surface area (Å²) in [7, 11) is -3.16. The van der Waals surface area contributed by atoms with Crippen molar-refractivity contribution in [2.24, 2.45) is 5.92 Å². The Morgan fingerprint density at radius 3 is 2.69 bits per heavy atom. The van der Waals surface area contributed by atoms with Crippen molar-refractivity contribution in [2.45, 2.75) is 44.9 Å². The fraction of sp³-hybridized carbons (Fsp3) is 0.619. The molecule has 1 saturated carbocycles. The maximum Gasteiger partial charge on any atom is 0.324 e. The molecule has 0 aromatic heterocycles. The van der Waals surface area contributed by atoms with Gasteiger partial charge in [0.15, 0.2) is 9.84 Å². The van der Waals surface area contributed by atoms with Crippen molar-refractivity contribution in [1.82, 2.24) is 10.2 Å². The maximum absolute atomic E-state index is 12.5. The third-order valence-electron chi connectivity index (χ3n) is 5.37. The third kappa shape index (κ3) is 7.03. The Balaban J connectivity index is 1.38. The van der Waals surface area contributed by atoms with E-state index in [0.29, 0.717) is 31.7 Å². The number of rotatable bonds is 12. The Kier molecular flexibility index (Phi) is 7.16. The van der Waals surface area contributed by atoms with Gasteiger partial charge in [-0.3, -0.25) is 10.1 Å². The molecule has 8 heteroatoms. The summed E-state index contributed by atoms with van der Waals surface area (Å²) in [5, 5.41) is 2.23. The van der Waals surface area contributed by atoms with Crippen molar-refractivity contribution in [3.8, 4) is 5.75 Å². The number of hydrogen-bond donors (Lipinski definition) is 1. The van der Waals surface area contributed by atoms with Gasteiger partial charge in [-0.1, -0.05) is 25.5 Å². The van der Waals surface area contributed by atoms with Crippen LogP contribution in [0.1, 0.15) is 50.5 Å². The number of unbranched alkanes of at least 4 members (excludes halogenated alkanes) is 2. The lowest BCUT2D eigenvalue weighted by Gasteiger charge is -2.15. The van der Waals surface area contributed by atoms with Crippen molar-refractivity contribution >= 4 is 21.8 Å². The van der Waals surface area contributed by atoms with Crippen LogP contribution in [0, 0.1) is 5.92 Å². The van der Waals surface area contributed by atoms with E-state index in [1.54, 1.807) is 0 Å². The molecule has 29 heavy (non-hydrogen) atoms. The van der Waals surface area contributed by atoms with Crippen LogP contribution >= 0.6 is 0 Å². The van der Waals surface area contributed by atoms with Crippen LogP contribution in [0.25, 0.3) is 0 Å². The van der Waals surface area contributed by atoms with E-state index in [4.69, 9.17) is 4.74 Å². The van der Waals surface area contributed by atoms with E-state index in [1.165, 1.54) is 17.7 Å². The Hall–Kier alpha value is -2.09. The van der Waals surface area contributed by atoms with Crippen LogP contribution in [0.3, 0.4) is 0 Å². The van der Waals surface area contributed by atoms with Gasteiger partial charge in [-0.2, -0.15) is 0 Å². The molecular formula is C21H30N2O5S. The highest BCUT2D eigenvalue weighted by molar-refractivity contribution is 7.91. The summed E-state index contributed by atoms with van der Waals surface area (Å²) in [4.78, 5) is 24.0. The number of nitrogens with one attached hydrogen (secondary N) is 1. The highest BCUT2D eigenvalue weighted by atomic mass is 32.2. The van der Waals surface area contributed by atoms with Crippen molar-refractivity contribution in [3.63, 3.8) is 0 Å².